The van der Waals surface area contributed by atoms with E-state index in [1.54, 1.807) is 11.3 Å². The van der Waals surface area contributed by atoms with E-state index >= 15 is 0 Å². The van der Waals surface area contributed by atoms with Gasteiger partial charge in [0.15, 0.2) is 0 Å². The van der Waals surface area contributed by atoms with Gasteiger partial charge in [0, 0.05) is 15.8 Å². The molecule has 1 heterocycles. The Balaban J connectivity index is 2.64. The fourth-order valence-electron chi connectivity index (χ4n) is 1.91. The Labute approximate surface area is 94.6 Å². The first-order valence-corrected chi connectivity index (χ1v) is 5.88. The number of nitrogen functional groups attached to an aromatic ring is 1. The van der Waals surface area contributed by atoms with Crippen molar-refractivity contribution in [3.8, 4) is 11.1 Å². The molecule has 1 aromatic heterocycles. The third-order valence-corrected chi connectivity index (χ3v) is 3.58. The molecule has 0 saturated heterocycles. The number of hydrogen-bond acceptors (Lipinski definition) is 2. The van der Waals surface area contributed by atoms with E-state index < -0.39 is 0 Å². The van der Waals surface area contributed by atoms with Crippen LogP contribution in [0.4, 0.5) is 5.69 Å². The molecule has 0 aliphatic heterocycles. The minimum atomic E-state index is 0.893. The molecule has 0 bridgehead atoms. The second-order valence-electron chi connectivity index (χ2n) is 3.94. The molecule has 2 N–H and O–H groups in total. The van der Waals surface area contributed by atoms with Crippen LogP contribution in [0.3, 0.4) is 0 Å². The van der Waals surface area contributed by atoms with Crippen LogP contribution in [0, 0.1) is 20.8 Å². The zero-order valence-corrected chi connectivity index (χ0v) is 10.1. The predicted molar refractivity (Wildman–Crippen MR) is 68.4 cm³/mol. The van der Waals surface area contributed by atoms with Gasteiger partial charge >= 0.3 is 0 Å². The van der Waals surface area contributed by atoms with Gasteiger partial charge in [-0.25, -0.2) is 0 Å². The molecule has 15 heavy (non-hydrogen) atoms. The number of benzene rings is 1. The molecule has 0 radical (unpaired) electrons. The van der Waals surface area contributed by atoms with E-state index in [1.165, 1.54) is 27.1 Å². The van der Waals surface area contributed by atoms with Crippen LogP contribution in [0.25, 0.3) is 11.1 Å². The molecular weight excluding hydrogens is 202 g/mol. The molecule has 2 rings (SSSR count). The molecule has 0 aliphatic carbocycles. The molecule has 0 unspecified atom stereocenters. The van der Waals surface area contributed by atoms with E-state index in [0.717, 1.165) is 5.69 Å². The maximum atomic E-state index is 5.99. The summed E-state index contributed by atoms with van der Waals surface area (Å²) in [4.78, 5) is 1.29. The number of hydrogen-bond donors (Lipinski definition) is 1. The Morgan fingerprint density at radius 1 is 1.13 bits per heavy atom. The largest absolute Gasteiger partial charge is 0.398 e. The molecule has 0 saturated carbocycles. The van der Waals surface area contributed by atoms with Crippen LogP contribution in [0.5, 0.6) is 0 Å². The summed E-state index contributed by atoms with van der Waals surface area (Å²) in [5, 5.41) is 2.02. The molecule has 0 spiro atoms. The first-order valence-electron chi connectivity index (χ1n) is 5.01. The van der Waals surface area contributed by atoms with Crippen molar-refractivity contribution in [2.24, 2.45) is 0 Å². The van der Waals surface area contributed by atoms with Gasteiger partial charge in [-0.3, -0.25) is 0 Å². The van der Waals surface area contributed by atoms with Crippen LogP contribution < -0.4 is 5.73 Å². The SMILES string of the molecule is Cc1ccc(-c2c(N)csc2C)c(C)c1. The van der Waals surface area contributed by atoms with Crippen LogP contribution in [0.15, 0.2) is 23.6 Å². The van der Waals surface area contributed by atoms with Gasteiger partial charge in [-0.2, -0.15) is 0 Å². The zero-order chi connectivity index (χ0) is 11.0. The highest BCUT2D eigenvalue weighted by Crippen LogP contribution is 2.36. The van der Waals surface area contributed by atoms with Crippen molar-refractivity contribution in [3.05, 3.63) is 39.6 Å². The summed E-state index contributed by atoms with van der Waals surface area (Å²) >= 11 is 1.71. The minimum absolute atomic E-state index is 0.893. The summed E-state index contributed by atoms with van der Waals surface area (Å²) in [6.45, 7) is 6.37. The topological polar surface area (TPSA) is 26.0 Å². The lowest BCUT2D eigenvalue weighted by atomic mass is 9.98. The second kappa shape index (κ2) is 3.70. The lowest BCUT2D eigenvalue weighted by Crippen LogP contribution is -1.89. The Kier molecular flexibility index (Phi) is 2.53. The first-order chi connectivity index (χ1) is 7.09. The van der Waals surface area contributed by atoms with Gasteiger partial charge in [0.2, 0.25) is 0 Å². The molecule has 0 aliphatic rings. The van der Waals surface area contributed by atoms with Crippen LogP contribution in [0.1, 0.15) is 16.0 Å². The van der Waals surface area contributed by atoms with E-state index in [4.69, 9.17) is 5.73 Å². The van der Waals surface area contributed by atoms with Gasteiger partial charge in [0.05, 0.1) is 5.69 Å². The van der Waals surface area contributed by atoms with E-state index in [9.17, 15) is 0 Å². The molecule has 1 nitrogen and oxygen atoms in total. The van der Waals surface area contributed by atoms with Crippen molar-refractivity contribution >= 4 is 17.0 Å². The zero-order valence-electron chi connectivity index (χ0n) is 9.29. The van der Waals surface area contributed by atoms with Gasteiger partial charge in [-0.1, -0.05) is 23.8 Å². The van der Waals surface area contributed by atoms with E-state index in [1.807, 2.05) is 5.38 Å². The van der Waals surface area contributed by atoms with E-state index in [0.29, 0.717) is 0 Å². The summed E-state index contributed by atoms with van der Waals surface area (Å²) in [5.41, 5.74) is 11.9. The van der Waals surface area contributed by atoms with Crippen molar-refractivity contribution in [1.29, 1.82) is 0 Å². The van der Waals surface area contributed by atoms with Gasteiger partial charge in [0.25, 0.3) is 0 Å². The second-order valence-corrected chi connectivity index (χ2v) is 5.02. The average Bonchev–Trinajstić information content (AvgIpc) is 2.48. The summed E-state index contributed by atoms with van der Waals surface area (Å²) in [6, 6.07) is 6.50. The van der Waals surface area contributed by atoms with Crippen molar-refractivity contribution in [3.63, 3.8) is 0 Å². The van der Waals surface area contributed by atoms with E-state index in [-0.39, 0.29) is 0 Å². The number of thiophene rings is 1. The van der Waals surface area contributed by atoms with Crippen molar-refractivity contribution in [2.45, 2.75) is 20.8 Å². The molecule has 0 amide bonds. The van der Waals surface area contributed by atoms with Crippen LogP contribution >= 0.6 is 11.3 Å². The summed E-state index contributed by atoms with van der Waals surface area (Å²) in [7, 11) is 0. The number of anilines is 1. The van der Waals surface area contributed by atoms with Crippen LogP contribution in [-0.2, 0) is 0 Å². The Hall–Kier alpha value is -1.28. The smallest absolute Gasteiger partial charge is 0.0505 e. The number of aryl methyl sites for hydroxylation is 3. The fourth-order valence-corrected chi connectivity index (χ4v) is 2.68. The summed E-state index contributed by atoms with van der Waals surface area (Å²) < 4.78 is 0. The van der Waals surface area contributed by atoms with Crippen LogP contribution in [-0.4, -0.2) is 0 Å². The molecule has 2 aromatic rings. The highest BCUT2D eigenvalue weighted by Gasteiger charge is 2.10. The Bertz CT molecular complexity index is 478. The average molecular weight is 217 g/mol. The molecular formula is C13H15NS. The standard InChI is InChI=1S/C13H15NS/c1-8-4-5-11(9(2)6-8)13-10(3)15-7-12(13)14/h4-7H,14H2,1-3H3. The normalized spacial score (nSPS) is 10.6. The number of nitrogens with two attached hydrogens (primary N) is 1. The molecule has 1 aromatic carbocycles. The molecule has 78 valence electrons. The quantitative estimate of drug-likeness (QED) is 0.769. The highest BCUT2D eigenvalue weighted by atomic mass is 32.1. The molecule has 2 heteroatoms. The Morgan fingerprint density at radius 2 is 1.87 bits per heavy atom. The maximum Gasteiger partial charge on any atom is 0.0505 e. The van der Waals surface area contributed by atoms with Crippen molar-refractivity contribution in [1.82, 2.24) is 0 Å². The maximum absolute atomic E-state index is 5.99. The lowest BCUT2D eigenvalue weighted by molar-refractivity contribution is 1.38. The van der Waals surface area contributed by atoms with Gasteiger partial charge < -0.3 is 5.73 Å². The minimum Gasteiger partial charge on any atom is -0.398 e. The van der Waals surface area contributed by atoms with Gasteiger partial charge in [0.1, 0.15) is 0 Å². The third kappa shape index (κ3) is 1.77. The molecule has 0 fully saturated rings. The number of rotatable bonds is 1. The molecule has 0 atom stereocenters. The monoisotopic (exact) mass is 217 g/mol. The first kappa shape index (κ1) is 10.2. The van der Waals surface area contributed by atoms with Crippen LogP contribution in [0.2, 0.25) is 0 Å². The third-order valence-electron chi connectivity index (χ3n) is 2.65. The summed E-state index contributed by atoms with van der Waals surface area (Å²) in [6.07, 6.45) is 0. The van der Waals surface area contributed by atoms with Gasteiger partial charge in [-0.05, 0) is 31.9 Å². The van der Waals surface area contributed by atoms with Crippen molar-refractivity contribution in [2.75, 3.05) is 5.73 Å². The van der Waals surface area contributed by atoms with Gasteiger partial charge in [-0.15, -0.1) is 11.3 Å². The highest BCUT2D eigenvalue weighted by molar-refractivity contribution is 7.11. The lowest BCUT2D eigenvalue weighted by Gasteiger charge is -2.07. The predicted octanol–water partition coefficient (Wildman–Crippen LogP) is 3.92. The van der Waals surface area contributed by atoms with Crippen molar-refractivity contribution < 1.29 is 0 Å². The summed E-state index contributed by atoms with van der Waals surface area (Å²) in [5.74, 6) is 0. The van der Waals surface area contributed by atoms with E-state index in [2.05, 4.69) is 39.0 Å². The Morgan fingerprint density at radius 3 is 2.40 bits per heavy atom. The fraction of sp³-hybridized carbons (Fsp3) is 0.231.